The van der Waals surface area contributed by atoms with Crippen LogP contribution in [0, 0.1) is 29.6 Å². The molecule has 3 N–H and O–H groups in total. The van der Waals surface area contributed by atoms with Crippen LogP contribution in [0.3, 0.4) is 0 Å². The number of aliphatic hydroxyl groups excluding tert-OH is 3. The summed E-state index contributed by atoms with van der Waals surface area (Å²) >= 11 is 5.14. The van der Waals surface area contributed by atoms with Gasteiger partial charge in [-0.05, 0) is 6.08 Å². The molecule has 4 atom stereocenters. The summed E-state index contributed by atoms with van der Waals surface area (Å²) in [5.74, 6) is 2.47. The van der Waals surface area contributed by atoms with Gasteiger partial charge in [-0.1, -0.05) is 12.0 Å². The van der Waals surface area contributed by atoms with E-state index in [9.17, 15) is 15.3 Å². The van der Waals surface area contributed by atoms with Crippen molar-refractivity contribution in [2.45, 2.75) is 17.5 Å². The number of hydrogen-bond donors (Lipinski definition) is 4. The smallest absolute Gasteiger partial charge is 0.130 e. The molecular weight excluding hydrogens is 282 g/mol. The van der Waals surface area contributed by atoms with Gasteiger partial charge in [0.25, 0.3) is 0 Å². The molecular formula is C13H15NO3S2. The van der Waals surface area contributed by atoms with Crippen LogP contribution in [0.15, 0.2) is 23.5 Å². The van der Waals surface area contributed by atoms with Crippen LogP contribution in [0.5, 0.6) is 0 Å². The molecule has 0 aromatic heterocycles. The highest BCUT2D eigenvalue weighted by Gasteiger charge is 2.29. The molecule has 0 spiro atoms. The molecule has 1 aliphatic rings. The van der Waals surface area contributed by atoms with Crippen molar-refractivity contribution >= 4 is 24.4 Å². The van der Waals surface area contributed by atoms with Gasteiger partial charge in [0.15, 0.2) is 0 Å². The highest BCUT2D eigenvalue weighted by Crippen LogP contribution is 2.33. The van der Waals surface area contributed by atoms with E-state index >= 15 is 0 Å². The monoisotopic (exact) mass is 297 g/mol. The predicted molar refractivity (Wildman–Crippen MR) is 78.8 cm³/mol. The lowest BCUT2D eigenvalue weighted by Crippen LogP contribution is -2.31. The lowest BCUT2D eigenvalue weighted by Gasteiger charge is -2.25. The van der Waals surface area contributed by atoms with Gasteiger partial charge in [-0.3, -0.25) is 0 Å². The Hall–Kier alpha value is -1.05. The molecule has 19 heavy (non-hydrogen) atoms. The Kier molecular flexibility index (Phi) is 6.33. The van der Waals surface area contributed by atoms with E-state index in [1.54, 1.807) is 6.08 Å². The van der Waals surface area contributed by atoms with Crippen molar-refractivity contribution < 1.29 is 15.3 Å². The van der Waals surface area contributed by atoms with E-state index in [2.05, 4.69) is 18.5 Å². The minimum atomic E-state index is -0.950. The molecule has 1 aliphatic carbocycles. The molecule has 0 saturated carbocycles. The van der Waals surface area contributed by atoms with Crippen LogP contribution in [0.4, 0.5) is 0 Å². The molecule has 0 aromatic rings. The zero-order chi connectivity index (χ0) is 14.4. The second kappa shape index (κ2) is 7.52. The predicted octanol–water partition coefficient (Wildman–Crippen LogP) is 0.895. The fourth-order valence-corrected chi connectivity index (χ4v) is 3.18. The first-order valence-corrected chi connectivity index (χ1v) is 7.29. The normalized spacial score (nSPS) is 25.5. The van der Waals surface area contributed by atoms with Gasteiger partial charge >= 0.3 is 0 Å². The van der Waals surface area contributed by atoms with Gasteiger partial charge in [0, 0.05) is 11.5 Å². The maximum Gasteiger partial charge on any atom is 0.130 e. The van der Waals surface area contributed by atoms with Crippen LogP contribution in [0.2, 0.25) is 0 Å². The van der Waals surface area contributed by atoms with Gasteiger partial charge in [0.05, 0.1) is 35.0 Å². The van der Waals surface area contributed by atoms with Gasteiger partial charge < -0.3 is 15.3 Å². The van der Waals surface area contributed by atoms with Crippen LogP contribution >= 0.6 is 24.4 Å². The Labute approximate surface area is 122 Å². The fourth-order valence-electron chi connectivity index (χ4n) is 1.60. The van der Waals surface area contributed by atoms with E-state index in [1.807, 2.05) is 6.07 Å². The van der Waals surface area contributed by atoms with Crippen LogP contribution in [0.25, 0.3) is 0 Å². The number of terminal acetylenes is 1. The Bertz CT molecular complexity index is 461. The average Bonchev–Trinajstić information content (AvgIpc) is 2.43. The van der Waals surface area contributed by atoms with Gasteiger partial charge in [-0.15, -0.1) is 18.2 Å². The molecule has 102 valence electrons. The average molecular weight is 297 g/mol. The molecule has 1 rings (SSSR count). The largest absolute Gasteiger partial charge is 0.507 e. The van der Waals surface area contributed by atoms with E-state index in [1.165, 1.54) is 17.8 Å². The molecule has 0 aromatic carbocycles. The summed E-state index contributed by atoms with van der Waals surface area (Å²) in [5, 5.41) is 37.4. The molecule has 0 heterocycles. The Morgan fingerprint density at radius 1 is 1.47 bits per heavy atom. The first kappa shape index (κ1) is 16.0. The quantitative estimate of drug-likeness (QED) is 0.447. The minimum absolute atomic E-state index is 0.101. The fraction of sp³-hybridized carbons (Fsp3) is 0.462. The van der Waals surface area contributed by atoms with Crippen molar-refractivity contribution in [3.05, 3.63) is 23.5 Å². The molecule has 0 bridgehead atoms. The van der Waals surface area contributed by atoms with Crippen molar-refractivity contribution in [1.82, 2.24) is 0 Å². The van der Waals surface area contributed by atoms with Crippen molar-refractivity contribution in [1.29, 1.82) is 5.26 Å². The minimum Gasteiger partial charge on any atom is -0.507 e. The second-order valence-corrected chi connectivity index (χ2v) is 5.57. The third-order valence-electron chi connectivity index (χ3n) is 2.74. The Morgan fingerprint density at radius 2 is 2.16 bits per heavy atom. The van der Waals surface area contributed by atoms with E-state index in [0.717, 1.165) is 0 Å². The Morgan fingerprint density at radius 3 is 2.68 bits per heavy atom. The molecule has 0 fully saturated rings. The topological polar surface area (TPSA) is 84.5 Å². The highest BCUT2D eigenvalue weighted by atomic mass is 32.2. The van der Waals surface area contributed by atoms with Crippen molar-refractivity contribution in [3.63, 3.8) is 0 Å². The summed E-state index contributed by atoms with van der Waals surface area (Å²) in [7, 11) is 0. The summed E-state index contributed by atoms with van der Waals surface area (Å²) in [5.41, 5.74) is 0.197. The number of thiol groups is 1. The number of thioether (sulfide) groups is 1. The maximum absolute atomic E-state index is 9.68. The molecule has 0 saturated heterocycles. The van der Waals surface area contributed by atoms with Crippen molar-refractivity contribution in [2.75, 3.05) is 11.5 Å². The van der Waals surface area contributed by atoms with E-state index < -0.39 is 17.5 Å². The molecule has 0 aliphatic heterocycles. The molecule has 0 amide bonds. The van der Waals surface area contributed by atoms with Crippen molar-refractivity contribution in [2.24, 2.45) is 5.92 Å². The van der Waals surface area contributed by atoms with Crippen LogP contribution in [-0.4, -0.2) is 44.3 Å². The zero-order valence-corrected chi connectivity index (χ0v) is 11.8. The van der Waals surface area contributed by atoms with E-state index in [4.69, 9.17) is 11.7 Å². The number of nitriles is 1. The second-order valence-electron chi connectivity index (χ2n) is 4.03. The number of aliphatic hydroxyl groups is 3. The lowest BCUT2D eigenvalue weighted by atomic mass is 9.94. The standard InChI is InChI=1S/C13H15NO3S2/c1-2-8-3-4-10(15)9(5-14)13(8)19-7-12(17)11(16)6-18/h1,3-4,8,11-13,15-18H,6-7H2. The SMILES string of the molecule is C#CC1C=CC(O)=C(C#N)C1SCC(O)C(O)CS. The van der Waals surface area contributed by atoms with Gasteiger partial charge in [-0.2, -0.15) is 17.9 Å². The van der Waals surface area contributed by atoms with Gasteiger partial charge in [0.1, 0.15) is 5.76 Å². The summed E-state index contributed by atoms with van der Waals surface area (Å²) in [4.78, 5) is 0. The van der Waals surface area contributed by atoms with Crippen LogP contribution < -0.4 is 0 Å². The number of rotatable bonds is 5. The van der Waals surface area contributed by atoms with Crippen LogP contribution in [-0.2, 0) is 0 Å². The summed E-state index contributed by atoms with van der Waals surface area (Å²) in [6.45, 7) is 0. The maximum atomic E-state index is 9.68. The first-order valence-electron chi connectivity index (χ1n) is 5.61. The molecule has 4 unspecified atom stereocenters. The first-order chi connectivity index (χ1) is 9.04. The van der Waals surface area contributed by atoms with E-state index in [0.29, 0.717) is 0 Å². The van der Waals surface area contributed by atoms with Crippen LogP contribution in [0.1, 0.15) is 0 Å². The van der Waals surface area contributed by atoms with Gasteiger partial charge in [0.2, 0.25) is 0 Å². The van der Waals surface area contributed by atoms with E-state index in [-0.39, 0.29) is 28.8 Å². The summed E-state index contributed by atoms with van der Waals surface area (Å²) < 4.78 is 0. The lowest BCUT2D eigenvalue weighted by molar-refractivity contribution is 0.0501. The molecule has 4 nitrogen and oxygen atoms in total. The zero-order valence-electron chi connectivity index (χ0n) is 10.1. The van der Waals surface area contributed by atoms with Gasteiger partial charge in [-0.25, -0.2) is 0 Å². The Balaban J connectivity index is 2.77. The third-order valence-corrected chi connectivity index (χ3v) is 4.53. The summed E-state index contributed by atoms with van der Waals surface area (Å²) in [6.07, 6.45) is 6.58. The molecule has 0 radical (unpaired) electrons. The third kappa shape index (κ3) is 3.95. The number of nitrogens with zero attached hydrogens (tertiary/aromatic N) is 1. The molecule has 6 heteroatoms. The highest BCUT2D eigenvalue weighted by molar-refractivity contribution is 8.00. The van der Waals surface area contributed by atoms with Crippen molar-refractivity contribution in [3.8, 4) is 18.4 Å². The summed E-state index contributed by atoms with van der Waals surface area (Å²) in [6, 6.07) is 1.94. The number of hydrogen-bond acceptors (Lipinski definition) is 6. The number of allylic oxidation sites excluding steroid dienone is 2.